The molecule has 0 bridgehead atoms. The van der Waals surface area contributed by atoms with Crippen molar-refractivity contribution in [2.75, 3.05) is 19.7 Å². The Morgan fingerprint density at radius 1 is 1.29 bits per heavy atom. The average Bonchev–Trinajstić information content (AvgIpc) is 3.00. The van der Waals surface area contributed by atoms with Crippen LogP contribution in [0.15, 0.2) is 22.7 Å². The third kappa shape index (κ3) is 4.55. The summed E-state index contributed by atoms with van der Waals surface area (Å²) in [5.41, 5.74) is 2.34. The van der Waals surface area contributed by atoms with Crippen LogP contribution in [0.4, 0.5) is 0 Å². The molecule has 0 spiro atoms. The maximum absolute atomic E-state index is 9.30. The molecule has 130 valence electrons. The molecular weight excluding hydrogens is 306 g/mol. The van der Waals surface area contributed by atoms with Gasteiger partial charge in [-0.2, -0.15) is 4.98 Å². The quantitative estimate of drug-likeness (QED) is 0.877. The monoisotopic (exact) mass is 331 g/mol. The number of rotatable bonds is 6. The molecule has 0 radical (unpaired) electrons. The molecule has 2 heterocycles. The van der Waals surface area contributed by atoms with E-state index in [4.69, 9.17) is 9.26 Å². The Balaban J connectivity index is 1.53. The molecule has 0 saturated carbocycles. The maximum atomic E-state index is 9.30. The molecule has 1 aliphatic heterocycles. The first kappa shape index (κ1) is 16.9. The van der Waals surface area contributed by atoms with Crippen molar-refractivity contribution in [3.8, 4) is 5.75 Å². The van der Waals surface area contributed by atoms with Gasteiger partial charge in [0.2, 0.25) is 11.7 Å². The van der Waals surface area contributed by atoms with E-state index >= 15 is 0 Å². The van der Waals surface area contributed by atoms with Crippen LogP contribution in [0, 0.1) is 19.8 Å². The van der Waals surface area contributed by atoms with Crippen molar-refractivity contribution in [3.05, 3.63) is 41.0 Å². The zero-order valence-corrected chi connectivity index (χ0v) is 14.4. The number of piperidine rings is 1. The molecule has 3 rings (SSSR count). The number of benzene rings is 1. The minimum atomic E-state index is 0.245. The number of aliphatic hydroxyl groups excluding tert-OH is 1. The van der Waals surface area contributed by atoms with Gasteiger partial charge in [-0.05, 0) is 62.4 Å². The molecule has 6 heteroatoms. The number of hydrogen-bond acceptors (Lipinski definition) is 6. The van der Waals surface area contributed by atoms with Crippen LogP contribution >= 0.6 is 0 Å². The Morgan fingerprint density at radius 2 is 2.08 bits per heavy atom. The molecular formula is C18H25N3O3. The van der Waals surface area contributed by atoms with E-state index in [0.717, 1.165) is 31.7 Å². The van der Waals surface area contributed by atoms with Gasteiger partial charge in [-0.3, -0.25) is 4.90 Å². The molecule has 24 heavy (non-hydrogen) atoms. The fraction of sp³-hybridized carbons (Fsp3) is 0.556. The molecule has 1 unspecified atom stereocenters. The fourth-order valence-corrected chi connectivity index (χ4v) is 3.21. The average molecular weight is 331 g/mol. The number of hydrogen-bond donors (Lipinski definition) is 1. The summed E-state index contributed by atoms with van der Waals surface area (Å²) >= 11 is 0. The molecule has 1 fully saturated rings. The van der Waals surface area contributed by atoms with Gasteiger partial charge in [-0.15, -0.1) is 0 Å². The van der Waals surface area contributed by atoms with Crippen LogP contribution in [0.5, 0.6) is 5.75 Å². The summed E-state index contributed by atoms with van der Waals surface area (Å²) in [7, 11) is 0. The van der Waals surface area contributed by atoms with Crippen LogP contribution < -0.4 is 4.74 Å². The normalized spacial score (nSPS) is 18.7. The highest BCUT2D eigenvalue weighted by molar-refractivity contribution is 5.32. The summed E-state index contributed by atoms with van der Waals surface area (Å²) in [6, 6.07) is 6.10. The lowest BCUT2D eigenvalue weighted by Crippen LogP contribution is -2.36. The van der Waals surface area contributed by atoms with Gasteiger partial charge >= 0.3 is 0 Å². The highest BCUT2D eigenvalue weighted by Gasteiger charge is 2.21. The first-order valence-corrected chi connectivity index (χ1v) is 8.48. The molecule has 1 aromatic carbocycles. The standard InChI is InChI=1S/C18H25N3O3/c1-13-6-14(2)8-16(7-13)23-12-17-19-18(24-20-17)10-21-5-3-4-15(9-21)11-22/h6-8,15,22H,3-5,9-12H2,1-2H3. The summed E-state index contributed by atoms with van der Waals surface area (Å²) in [5.74, 6) is 2.34. The van der Waals surface area contributed by atoms with Crippen LogP contribution in [-0.4, -0.2) is 39.8 Å². The SMILES string of the molecule is Cc1cc(C)cc(OCc2noc(CN3CCCC(CO)C3)n2)c1. The third-order valence-electron chi connectivity index (χ3n) is 4.29. The van der Waals surface area contributed by atoms with Crippen molar-refractivity contribution in [1.82, 2.24) is 15.0 Å². The number of likely N-dealkylation sites (tertiary alicyclic amines) is 1. The van der Waals surface area contributed by atoms with Gasteiger partial charge in [0.05, 0.1) is 6.54 Å². The maximum Gasteiger partial charge on any atom is 0.240 e. The largest absolute Gasteiger partial charge is 0.485 e. The summed E-state index contributed by atoms with van der Waals surface area (Å²) in [6.07, 6.45) is 2.19. The van der Waals surface area contributed by atoms with Gasteiger partial charge in [-0.25, -0.2) is 0 Å². The fourth-order valence-electron chi connectivity index (χ4n) is 3.21. The Hall–Kier alpha value is -1.92. The van der Waals surface area contributed by atoms with Gasteiger partial charge < -0.3 is 14.4 Å². The number of nitrogens with zero attached hydrogens (tertiary/aromatic N) is 3. The second-order valence-corrected chi connectivity index (χ2v) is 6.64. The molecule has 1 atom stereocenters. The zero-order chi connectivity index (χ0) is 16.9. The van der Waals surface area contributed by atoms with E-state index in [-0.39, 0.29) is 6.61 Å². The first-order chi connectivity index (χ1) is 11.6. The molecule has 1 saturated heterocycles. The second kappa shape index (κ2) is 7.77. The van der Waals surface area contributed by atoms with Crippen LogP contribution in [0.3, 0.4) is 0 Å². The Labute approximate surface area is 142 Å². The number of aliphatic hydroxyl groups is 1. The summed E-state index contributed by atoms with van der Waals surface area (Å²) in [5, 5.41) is 13.3. The van der Waals surface area contributed by atoms with Crippen LogP contribution in [-0.2, 0) is 13.2 Å². The van der Waals surface area contributed by atoms with E-state index in [0.29, 0.717) is 30.8 Å². The predicted octanol–water partition coefficient (Wildman–Crippen LogP) is 2.47. The molecule has 6 nitrogen and oxygen atoms in total. The van der Waals surface area contributed by atoms with Gasteiger partial charge in [0.15, 0.2) is 6.61 Å². The highest BCUT2D eigenvalue weighted by Crippen LogP contribution is 2.19. The molecule has 0 aliphatic carbocycles. The Morgan fingerprint density at radius 3 is 2.83 bits per heavy atom. The Bertz CT molecular complexity index is 651. The van der Waals surface area contributed by atoms with Crippen LogP contribution in [0.1, 0.15) is 35.7 Å². The van der Waals surface area contributed by atoms with Gasteiger partial charge in [-0.1, -0.05) is 11.2 Å². The second-order valence-electron chi connectivity index (χ2n) is 6.64. The van der Waals surface area contributed by atoms with Crippen LogP contribution in [0.25, 0.3) is 0 Å². The van der Waals surface area contributed by atoms with E-state index in [9.17, 15) is 5.11 Å². The summed E-state index contributed by atoms with van der Waals surface area (Å²) in [4.78, 5) is 6.66. The lowest BCUT2D eigenvalue weighted by molar-refractivity contribution is 0.107. The minimum absolute atomic E-state index is 0.245. The molecule has 1 N–H and O–H groups in total. The van der Waals surface area contributed by atoms with E-state index in [1.54, 1.807) is 0 Å². The lowest BCUT2D eigenvalue weighted by Gasteiger charge is -2.30. The van der Waals surface area contributed by atoms with Crippen molar-refractivity contribution in [2.45, 2.75) is 39.8 Å². The van der Waals surface area contributed by atoms with Crippen molar-refractivity contribution in [2.24, 2.45) is 5.92 Å². The van der Waals surface area contributed by atoms with Crippen molar-refractivity contribution in [1.29, 1.82) is 0 Å². The summed E-state index contributed by atoms with van der Waals surface area (Å²) in [6.45, 7) is 7.16. The van der Waals surface area contributed by atoms with Crippen molar-refractivity contribution in [3.63, 3.8) is 0 Å². The molecule has 1 aliphatic rings. The van der Waals surface area contributed by atoms with Crippen LogP contribution in [0.2, 0.25) is 0 Å². The van der Waals surface area contributed by atoms with E-state index in [2.05, 4.69) is 21.1 Å². The first-order valence-electron chi connectivity index (χ1n) is 8.48. The third-order valence-corrected chi connectivity index (χ3v) is 4.29. The van der Waals surface area contributed by atoms with Gasteiger partial charge in [0.25, 0.3) is 0 Å². The number of ether oxygens (including phenoxy) is 1. The van der Waals surface area contributed by atoms with Crippen molar-refractivity contribution >= 4 is 0 Å². The number of aromatic nitrogens is 2. The lowest BCUT2D eigenvalue weighted by atomic mass is 9.99. The molecule has 2 aromatic rings. The van der Waals surface area contributed by atoms with Gasteiger partial charge in [0, 0.05) is 13.2 Å². The molecule has 1 aromatic heterocycles. The van der Waals surface area contributed by atoms with E-state index < -0.39 is 0 Å². The highest BCUT2D eigenvalue weighted by atomic mass is 16.5. The zero-order valence-electron chi connectivity index (χ0n) is 14.4. The summed E-state index contributed by atoms with van der Waals surface area (Å²) < 4.78 is 11.1. The van der Waals surface area contributed by atoms with Gasteiger partial charge in [0.1, 0.15) is 5.75 Å². The molecule has 0 amide bonds. The van der Waals surface area contributed by atoms with E-state index in [1.165, 1.54) is 11.1 Å². The predicted molar refractivity (Wildman–Crippen MR) is 89.6 cm³/mol. The Kier molecular flexibility index (Phi) is 5.48. The van der Waals surface area contributed by atoms with E-state index in [1.807, 2.05) is 26.0 Å². The smallest absolute Gasteiger partial charge is 0.240 e. The van der Waals surface area contributed by atoms with Crippen molar-refractivity contribution < 1.29 is 14.4 Å². The topological polar surface area (TPSA) is 71.6 Å². The minimum Gasteiger partial charge on any atom is -0.485 e. The number of aryl methyl sites for hydroxylation is 2.